The number of nitrogens with zero attached hydrogens (tertiary/aromatic N) is 3. The Hall–Kier alpha value is -1.76. The van der Waals surface area contributed by atoms with Gasteiger partial charge in [-0.25, -0.2) is 14.4 Å². The van der Waals surface area contributed by atoms with Crippen LogP contribution in [0.15, 0.2) is 18.5 Å². The van der Waals surface area contributed by atoms with Crippen molar-refractivity contribution in [1.82, 2.24) is 9.97 Å². The lowest BCUT2D eigenvalue weighted by molar-refractivity contribution is 0.748. The maximum absolute atomic E-state index is 12.8. The molecule has 3 nitrogen and oxygen atoms in total. The third-order valence-electron chi connectivity index (χ3n) is 1.26. The summed E-state index contributed by atoms with van der Waals surface area (Å²) in [5.41, 5.74) is 0.333. The molecule has 4 heteroatoms. The molecule has 0 atom stereocenters. The zero-order chi connectivity index (χ0) is 11.0. The molecule has 14 heavy (non-hydrogen) atoms. The molecule has 1 rings (SSSR count). The van der Waals surface area contributed by atoms with Crippen LogP contribution in [0.1, 0.15) is 32.2 Å². The second-order valence-electron chi connectivity index (χ2n) is 2.04. The van der Waals surface area contributed by atoms with Crippen molar-refractivity contribution in [2.24, 2.45) is 0 Å². The first-order valence-corrected chi connectivity index (χ1v) is 4.32. The summed E-state index contributed by atoms with van der Waals surface area (Å²) in [7, 11) is 0. The van der Waals surface area contributed by atoms with Gasteiger partial charge in [0.2, 0.25) is 0 Å². The van der Waals surface area contributed by atoms with Crippen molar-refractivity contribution in [3.8, 4) is 6.07 Å². The fourth-order valence-corrected chi connectivity index (χ4v) is 0.657. The molecule has 0 spiro atoms. The van der Waals surface area contributed by atoms with Crippen LogP contribution in [0.3, 0.4) is 0 Å². The second kappa shape index (κ2) is 6.72. The third-order valence-corrected chi connectivity index (χ3v) is 1.26. The van der Waals surface area contributed by atoms with E-state index in [1.807, 2.05) is 13.8 Å². The predicted octanol–water partition coefficient (Wildman–Crippen LogP) is 2.70. The van der Waals surface area contributed by atoms with Crippen molar-refractivity contribution in [2.75, 3.05) is 0 Å². The number of hydrogen-bond acceptors (Lipinski definition) is 3. The Kier molecular flexibility index (Phi) is 5.88. The fourth-order valence-electron chi connectivity index (χ4n) is 0.657. The number of rotatable bonds is 1. The molecule has 1 aromatic heterocycles. The standard InChI is InChI=1S/C8H6FN3.C2H6/c1-2-7(9)8-5-11-6(3-10)4-12-8;1-2/h2,4-5H,1H3;1-2H3/b7-2-;. The number of nitriles is 1. The van der Waals surface area contributed by atoms with Crippen molar-refractivity contribution in [3.63, 3.8) is 0 Å². The summed E-state index contributed by atoms with van der Waals surface area (Å²) in [5, 5.41) is 8.36. The Bertz CT molecular complexity index is 335. The molecule has 1 heterocycles. The zero-order valence-electron chi connectivity index (χ0n) is 8.45. The number of aromatic nitrogens is 2. The van der Waals surface area contributed by atoms with E-state index in [1.165, 1.54) is 18.5 Å². The highest BCUT2D eigenvalue weighted by molar-refractivity contribution is 5.53. The number of halogens is 1. The summed E-state index contributed by atoms with van der Waals surface area (Å²) in [4.78, 5) is 7.35. The molecule has 0 radical (unpaired) electrons. The molecule has 0 saturated heterocycles. The predicted molar refractivity (Wildman–Crippen MR) is 52.9 cm³/mol. The summed E-state index contributed by atoms with van der Waals surface area (Å²) in [6.45, 7) is 5.56. The van der Waals surface area contributed by atoms with Gasteiger partial charge in [-0.1, -0.05) is 13.8 Å². The lowest BCUT2D eigenvalue weighted by Gasteiger charge is -1.93. The van der Waals surface area contributed by atoms with Gasteiger partial charge in [0.05, 0.1) is 12.4 Å². The molecular weight excluding hydrogens is 181 g/mol. The Morgan fingerprint density at radius 3 is 2.43 bits per heavy atom. The van der Waals surface area contributed by atoms with Gasteiger partial charge in [0.1, 0.15) is 17.6 Å². The highest BCUT2D eigenvalue weighted by atomic mass is 19.1. The van der Waals surface area contributed by atoms with Crippen molar-refractivity contribution in [2.45, 2.75) is 20.8 Å². The minimum Gasteiger partial charge on any atom is -0.249 e. The topological polar surface area (TPSA) is 49.6 Å². The molecular formula is C10H12FN3. The van der Waals surface area contributed by atoms with E-state index >= 15 is 0 Å². The molecule has 0 aliphatic heterocycles. The normalized spacial score (nSPS) is 9.79. The van der Waals surface area contributed by atoms with Gasteiger partial charge in [0.15, 0.2) is 5.69 Å². The van der Waals surface area contributed by atoms with Crippen molar-refractivity contribution < 1.29 is 4.39 Å². The molecule has 0 aliphatic carbocycles. The van der Waals surface area contributed by atoms with Gasteiger partial charge in [0, 0.05) is 0 Å². The lowest BCUT2D eigenvalue weighted by Crippen LogP contribution is -1.89. The average Bonchev–Trinajstić information content (AvgIpc) is 2.31. The Morgan fingerprint density at radius 2 is 2.07 bits per heavy atom. The van der Waals surface area contributed by atoms with Crippen LogP contribution in [0.25, 0.3) is 5.83 Å². The molecule has 0 amide bonds. The average molecular weight is 193 g/mol. The fraction of sp³-hybridized carbons (Fsp3) is 0.300. The van der Waals surface area contributed by atoms with Crippen LogP contribution < -0.4 is 0 Å². The Labute approximate surface area is 82.9 Å². The summed E-state index contributed by atoms with van der Waals surface area (Å²) in [6.07, 6.45) is 3.75. The molecule has 0 unspecified atom stereocenters. The van der Waals surface area contributed by atoms with E-state index in [4.69, 9.17) is 5.26 Å². The lowest BCUT2D eigenvalue weighted by atomic mass is 10.3. The van der Waals surface area contributed by atoms with Crippen LogP contribution in [0.2, 0.25) is 0 Å². The first-order valence-electron chi connectivity index (χ1n) is 4.32. The largest absolute Gasteiger partial charge is 0.249 e. The van der Waals surface area contributed by atoms with Gasteiger partial charge in [-0.2, -0.15) is 5.26 Å². The van der Waals surface area contributed by atoms with E-state index in [9.17, 15) is 4.39 Å². The summed E-state index contributed by atoms with van der Waals surface area (Å²) < 4.78 is 12.8. The summed E-state index contributed by atoms with van der Waals surface area (Å²) >= 11 is 0. The van der Waals surface area contributed by atoms with E-state index < -0.39 is 5.83 Å². The summed E-state index contributed by atoms with van der Waals surface area (Å²) in [5.74, 6) is -0.438. The minimum absolute atomic E-state index is 0.150. The van der Waals surface area contributed by atoms with Gasteiger partial charge < -0.3 is 0 Å². The Balaban J connectivity index is 0.000000791. The van der Waals surface area contributed by atoms with E-state index in [0.717, 1.165) is 0 Å². The van der Waals surface area contributed by atoms with Crippen LogP contribution in [-0.4, -0.2) is 9.97 Å². The van der Waals surface area contributed by atoms with Gasteiger partial charge in [-0.3, -0.25) is 0 Å². The maximum atomic E-state index is 12.8. The monoisotopic (exact) mass is 193 g/mol. The van der Waals surface area contributed by atoms with Crippen LogP contribution >= 0.6 is 0 Å². The third kappa shape index (κ3) is 3.31. The summed E-state index contributed by atoms with van der Waals surface area (Å²) in [6, 6.07) is 1.80. The van der Waals surface area contributed by atoms with Crippen LogP contribution in [0, 0.1) is 11.3 Å². The maximum Gasteiger partial charge on any atom is 0.158 e. The van der Waals surface area contributed by atoms with Gasteiger partial charge in [-0.15, -0.1) is 0 Å². The molecule has 0 saturated carbocycles. The van der Waals surface area contributed by atoms with Crippen LogP contribution in [0.5, 0.6) is 0 Å². The first-order chi connectivity index (χ1) is 6.77. The van der Waals surface area contributed by atoms with Crippen LogP contribution in [0.4, 0.5) is 4.39 Å². The number of allylic oxidation sites excluding steroid dienone is 1. The smallest absolute Gasteiger partial charge is 0.158 e. The van der Waals surface area contributed by atoms with Crippen molar-refractivity contribution in [3.05, 3.63) is 29.9 Å². The van der Waals surface area contributed by atoms with Gasteiger partial charge in [-0.05, 0) is 13.0 Å². The van der Waals surface area contributed by atoms with E-state index in [1.54, 1.807) is 13.0 Å². The highest BCUT2D eigenvalue weighted by Crippen LogP contribution is 2.10. The first kappa shape index (κ1) is 12.2. The second-order valence-corrected chi connectivity index (χ2v) is 2.04. The molecule has 0 fully saturated rings. The van der Waals surface area contributed by atoms with Crippen molar-refractivity contribution in [1.29, 1.82) is 5.26 Å². The van der Waals surface area contributed by atoms with E-state index in [-0.39, 0.29) is 11.4 Å². The van der Waals surface area contributed by atoms with E-state index in [2.05, 4.69) is 9.97 Å². The van der Waals surface area contributed by atoms with Crippen molar-refractivity contribution >= 4 is 5.83 Å². The van der Waals surface area contributed by atoms with Gasteiger partial charge in [0.25, 0.3) is 0 Å². The molecule has 1 aromatic rings. The number of hydrogen-bond donors (Lipinski definition) is 0. The zero-order valence-corrected chi connectivity index (χ0v) is 8.45. The SMILES string of the molecule is C/C=C(\F)c1cnc(C#N)cn1.CC. The van der Waals surface area contributed by atoms with E-state index in [0.29, 0.717) is 0 Å². The molecule has 0 N–H and O–H groups in total. The highest BCUT2D eigenvalue weighted by Gasteiger charge is 2.00. The van der Waals surface area contributed by atoms with Gasteiger partial charge >= 0.3 is 0 Å². The molecule has 0 aliphatic rings. The quantitative estimate of drug-likeness (QED) is 0.689. The Morgan fingerprint density at radius 1 is 1.43 bits per heavy atom. The molecule has 74 valence electrons. The molecule has 0 aromatic carbocycles. The minimum atomic E-state index is -0.438. The molecule has 0 bridgehead atoms. The van der Waals surface area contributed by atoms with Crippen LogP contribution in [-0.2, 0) is 0 Å².